The highest BCUT2D eigenvalue weighted by Gasteiger charge is 2.26. The lowest BCUT2D eigenvalue weighted by atomic mass is 10.0. The lowest BCUT2D eigenvalue weighted by molar-refractivity contribution is 0.0225. The minimum Gasteiger partial charge on any atom is -0.491 e. The standard InChI is InChI=1S/C20H22FNO3/c1-20(2,3)25-19(23)22-10-11-24-18-15(13-22)7-5-9-17(18)14-6-4-8-16(21)12-14/h4-9,12H,10-11,13H2,1-3H3. The number of carbonyl (C=O) groups is 1. The lowest BCUT2D eigenvalue weighted by Crippen LogP contribution is -2.37. The highest BCUT2D eigenvalue weighted by atomic mass is 19.1. The number of carbonyl (C=O) groups excluding carboxylic acids is 1. The Kier molecular flexibility index (Phi) is 4.66. The molecule has 3 rings (SSSR count). The third kappa shape index (κ3) is 4.10. The Morgan fingerprint density at radius 3 is 2.68 bits per heavy atom. The van der Waals surface area contributed by atoms with Gasteiger partial charge in [0.15, 0.2) is 0 Å². The van der Waals surface area contributed by atoms with E-state index in [0.29, 0.717) is 25.4 Å². The molecule has 1 amide bonds. The highest BCUT2D eigenvalue weighted by molar-refractivity contribution is 5.73. The molecule has 0 fully saturated rings. The predicted molar refractivity (Wildman–Crippen MR) is 94.0 cm³/mol. The summed E-state index contributed by atoms with van der Waals surface area (Å²) in [5, 5.41) is 0. The van der Waals surface area contributed by atoms with Gasteiger partial charge >= 0.3 is 6.09 Å². The van der Waals surface area contributed by atoms with Gasteiger partial charge in [-0.25, -0.2) is 9.18 Å². The molecular weight excluding hydrogens is 321 g/mol. The second kappa shape index (κ2) is 6.75. The monoisotopic (exact) mass is 343 g/mol. The molecule has 0 radical (unpaired) electrons. The number of rotatable bonds is 1. The number of amides is 1. The molecule has 0 saturated carbocycles. The molecule has 0 unspecified atom stereocenters. The molecule has 132 valence electrons. The molecule has 0 spiro atoms. The van der Waals surface area contributed by atoms with E-state index in [1.807, 2.05) is 45.0 Å². The van der Waals surface area contributed by atoms with Gasteiger partial charge in [-0.1, -0.05) is 30.3 Å². The van der Waals surface area contributed by atoms with Crippen LogP contribution in [0.2, 0.25) is 0 Å². The first-order valence-electron chi connectivity index (χ1n) is 8.32. The maximum absolute atomic E-state index is 13.6. The van der Waals surface area contributed by atoms with Crippen molar-refractivity contribution >= 4 is 6.09 Å². The van der Waals surface area contributed by atoms with E-state index < -0.39 is 5.60 Å². The van der Waals surface area contributed by atoms with E-state index >= 15 is 0 Å². The fourth-order valence-corrected chi connectivity index (χ4v) is 2.79. The van der Waals surface area contributed by atoms with Gasteiger partial charge in [0.25, 0.3) is 0 Å². The number of halogens is 1. The summed E-state index contributed by atoms with van der Waals surface area (Å²) < 4.78 is 25.0. The van der Waals surface area contributed by atoms with Gasteiger partial charge in [-0.05, 0) is 38.5 Å². The highest BCUT2D eigenvalue weighted by Crippen LogP contribution is 2.35. The summed E-state index contributed by atoms with van der Waals surface area (Å²) in [5.74, 6) is 0.401. The SMILES string of the molecule is CC(C)(C)OC(=O)N1CCOc2c(cccc2-c2cccc(F)c2)C1. The van der Waals surface area contributed by atoms with Crippen molar-refractivity contribution in [2.45, 2.75) is 32.9 Å². The van der Waals surface area contributed by atoms with E-state index in [9.17, 15) is 9.18 Å². The number of benzene rings is 2. The average Bonchev–Trinajstić information content (AvgIpc) is 2.75. The zero-order chi connectivity index (χ0) is 18.0. The molecule has 25 heavy (non-hydrogen) atoms. The number of nitrogens with zero attached hydrogens (tertiary/aromatic N) is 1. The topological polar surface area (TPSA) is 38.8 Å². The van der Waals surface area contributed by atoms with Crippen molar-refractivity contribution in [3.8, 4) is 16.9 Å². The van der Waals surface area contributed by atoms with Crippen molar-refractivity contribution < 1.29 is 18.7 Å². The zero-order valence-corrected chi connectivity index (χ0v) is 14.7. The second-order valence-electron chi connectivity index (χ2n) is 7.05. The average molecular weight is 343 g/mol. The first kappa shape index (κ1) is 17.3. The molecular formula is C20H22FNO3. The Morgan fingerprint density at radius 1 is 1.20 bits per heavy atom. The summed E-state index contributed by atoms with van der Waals surface area (Å²) >= 11 is 0. The van der Waals surface area contributed by atoms with Crippen LogP contribution in [0.5, 0.6) is 5.75 Å². The largest absolute Gasteiger partial charge is 0.491 e. The van der Waals surface area contributed by atoms with Crippen LogP contribution < -0.4 is 4.74 Å². The van der Waals surface area contributed by atoms with Gasteiger partial charge in [-0.3, -0.25) is 0 Å². The van der Waals surface area contributed by atoms with Crippen LogP contribution >= 0.6 is 0 Å². The van der Waals surface area contributed by atoms with Crippen LogP contribution in [0.4, 0.5) is 9.18 Å². The molecule has 1 aliphatic rings. The van der Waals surface area contributed by atoms with Gasteiger partial charge in [0.05, 0.1) is 13.1 Å². The third-order valence-electron chi connectivity index (χ3n) is 3.85. The summed E-state index contributed by atoms with van der Waals surface area (Å²) in [6.45, 7) is 6.72. The summed E-state index contributed by atoms with van der Waals surface area (Å²) in [6.07, 6.45) is -0.361. The molecule has 0 aromatic heterocycles. The number of hydrogen-bond acceptors (Lipinski definition) is 3. The maximum atomic E-state index is 13.6. The second-order valence-corrected chi connectivity index (χ2v) is 7.05. The van der Waals surface area contributed by atoms with Gasteiger partial charge in [0, 0.05) is 11.1 Å². The quantitative estimate of drug-likeness (QED) is 0.758. The Labute approximate surface area is 147 Å². The molecule has 1 aliphatic heterocycles. The molecule has 0 aliphatic carbocycles. The number of hydrogen-bond donors (Lipinski definition) is 0. The van der Waals surface area contributed by atoms with Gasteiger partial charge in [-0.15, -0.1) is 0 Å². The van der Waals surface area contributed by atoms with Gasteiger partial charge in [-0.2, -0.15) is 0 Å². The van der Waals surface area contributed by atoms with Crippen molar-refractivity contribution in [3.05, 3.63) is 53.8 Å². The Balaban J connectivity index is 1.91. The predicted octanol–water partition coefficient (Wildman–Crippen LogP) is 4.62. The molecule has 0 atom stereocenters. The number of ether oxygens (including phenoxy) is 2. The van der Waals surface area contributed by atoms with E-state index in [-0.39, 0.29) is 11.9 Å². The maximum Gasteiger partial charge on any atom is 0.410 e. The van der Waals surface area contributed by atoms with Crippen LogP contribution in [0.15, 0.2) is 42.5 Å². The molecule has 5 heteroatoms. The summed E-state index contributed by atoms with van der Waals surface area (Å²) in [6, 6.07) is 12.1. The van der Waals surface area contributed by atoms with Crippen molar-refractivity contribution in [3.63, 3.8) is 0 Å². The van der Waals surface area contributed by atoms with Crippen LogP contribution in [0, 0.1) is 5.82 Å². The van der Waals surface area contributed by atoms with E-state index in [1.165, 1.54) is 12.1 Å². The van der Waals surface area contributed by atoms with Crippen molar-refractivity contribution in [2.75, 3.05) is 13.2 Å². The van der Waals surface area contributed by atoms with Crippen LogP contribution in [0.1, 0.15) is 26.3 Å². The van der Waals surface area contributed by atoms with E-state index in [1.54, 1.807) is 11.0 Å². The summed E-state index contributed by atoms with van der Waals surface area (Å²) in [4.78, 5) is 14.0. The van der Waals surface area contributed by atoms with Gasteiger partial charge < -0.3 is 14.4 Å². The molecule has 2 aromatic rings. The van der Waals surface area contributed by atoms with Gasteiger partial charge in [0.1, 0.15) is 23.8 Å². The van der Waals surface area contributed by atoms with Crippen LogP contribution in [-0.2, 0) is 11.3 Å². The van der Waals surface area contributed by atoms with Crippen molar-refractivity contribution in [1.82, 2.24) is 4.90 Å². The van der Waals surface area contributed by atoms with Crippen LogP contribution in [-0.4, -0.2) is 29.7 Å². The number of para-hydroxylation sites is 1. The summed E-state index contributed by atoms with van der Waals surface area (Å²) in [7, 11) is 0. The van der Waals surface area contributed by atoms with Crippen molar-refractivity contribution in [2.24, 2.45) is 0 Å². The molecule has 2 aromatic carbocycles. The minimum absolute atomic E-state index is 0.292. The zero-order valence-electron chi connectivity index (χ0n) is 14.7. The molecule has 0 N–H and O–H groups in total. The third-order valence-corrected chi connectivity index (χ3v) is 3.85. The van der Waals surface area contributed by atoms with Crippen molar-refractivity contribution in [1.29, 1.82) is 0 Å². The van der Waals surface area contributed by atoms with Gasteiger partial charge in [0.2, 0.25) is 0 Å². The fourth-order valence-electron chi connectivity index (χ4n) is 2.79. The fraction of sp³-hybridized carbons (Fsp3) is 0.350. The lowest BCUT2D eigenvalue weighted by Gasteiger charge is -2.26. The molecule has 1 heterocycles. The summed E-state index contributed by atoms with van der Waals surface area (Å²) in [5.41, 5.74) is 1.91. The normalized spacial score (nSPS) is 14.3. The Morgan fingerprint density at radius 2 is 1.96 bits per heavy atom. The van der Waals surface area contributed by atoms with Crippen LogP contribution in [0.3, 0.4) is 0 Å². The number of fused-ring (bicyclic) bond motifs is 1. The first-order chi connectivity index (χ1) is 11.8. The van der Waals surface area contributed by atoms with E-state index in [0.717, 1.165) is 16.7 Å². The molecule has 4 nitrogen and oxygen atoms in total. The Hall–Kier alpha value is -2.56. The molecule has 0 bridgehead atoms. The van der Waals surface area contributed by atoms with E-state index in [2.05, 4.69) is 0 Å². The minimum atomic E-state index is -0.545. The van der Waals surface area contributed by atoms with E-state index in [4.69, 9.17) is 9.47 Å². The van der Waals surface area contributed by atoms with Crippen LogP contribution in [0.25, 0.3) is 11.1 Å². The Bertz CT molecular complexity index is 783. The first-order valence-corrected chi connectivity index (χ1v) is 8.32. The smallest absolute Gasteiger partial charge is 0.410 e. The molecule has 0 saturated heterocycles.